The van der Waals surface area contributed by atoms with Gasteiger partial charge in [-0.3, -0.25) is 9.59 Å². The second-order valence-electron chi connectivity index (χ2n) is 10.1. The van der Waals surface area contributed by atoms with Crippen molar-refractivity contribution in [3.8, 4) is 11.5 Å². The molecule has 11 heteroatoms. The second kappa shape index (κ2) is 10.9. The largest absolute Gasteiger partial charge is 0.505 e. The third-order valence-electron chi connectivity index (χ3n) is 7.40. The van der Waals surface area contributed by atoms with Crippen molar-refractivity contribution in [2.75, 3.05) is 13.1 Å². The minimum atomic E-state index is -0.381. The molecule has 7 rings (SSSR count). The predicted octanol–water partition coefficient (Wildman–Crippen LogP) is 5.73. The van der Waals surface area contributed by atoms with Gasteiger partial charge in [-0.1, -0.05) is 107 Å². The van der Waals surface area contributed by atoms with Crippen molar-refractivity contribution in [3.63, 3.8) is 0 Å². The minimum Gasteiger partial charge on any atom is -0.505 e. The van der Waals surface area contributed by atoms with Crippen LogP contribution in [0.15, 0.2) is 80.3 Å². The van der Waals surface area contributed by atoms with Gasteiger partial charge >= 0.3 is 3.98 Å². The number of nitrogens with zero attached hydrogens (tertiary/aromatic N) is 3. The van der Waals surface area contributed by atoms with Crippen molar-refractivity contribution >= 4 is 67.4 Å². The van der Waals surface area contributed by atoms with Crippen LogP contribution in [-0.2, 0) is 22.7 Å². The van der Waals surface area contributed by atoms with E-state index in [1.54, 1.807) is 0 Å². The van der Waals surface area contributed by atoms with Gasteiger partial charge in [-0.15, -0.1) is 0 Å². The molecule has 0 atom stereocenters. The average molecular weight is 621 g/mol. The zero-order valence-corrected chi connectivity index (χ0v) is 25.2. The molecule has 2 fully saturated rings. The zero-order chi connectivity index (χ0) is 28.1. The van der Waals surface area contributed by atoms with E-state index in [2.05, 4.69) is 4.58 Å². The molecule has 3 aromatic carbocycles. The Morgan fingerprint density at radius 2 is 1.15 bits per heavy atom. The van der Waals surface area contributed by atoms with E-state index in [0.717, 1.165) is 41.0 Å². The average Bonchev–Trinajstić information content (AvgIpc) is 3.70. The van der Waals surface area contributed by atoms with E-state index >= 15 is 0 Å². The van der Waals surface area contributed by atoms with Crippen molar-refractivity contribution in [3.05, 3.63) is 85.6 Å². The van der Waals surface area contributed by atoms with E-state index in [1.807, 2.05) is 60.7 Å². The fraction of sp³-hybridized carbons (Fsp3) is 0.233. The molecule has 0 unspecified atom stereocenters. The van der Waals surface area contributed by atoms with Crippen molar-refractivity contribution in [2.45, 2.75) is 42.1 Å². The fourth-order valence-corrected chi connectivity index (χ4v) is 10.7. The molecule has 2 N–H and O–H groups in total. The number of hydrogen-bond acceptors (Lipinski definition) is 8. The van der Waals surface area contributed by atoms with E-state index < -0.39 is 0 Å². The Hall–Kier alpha value is -3.25. The van der Waals surface area contributed by atoms with Gasteiger partial charge < -0.3 is 10.2 Å². The molecule has 3 aliphatic rings. The molecule has 4 aromatic rings. The standard InChI is InChI=1S/C30H25N3O4S4/c34-21-23-24(22(35)26-25(21)40-30(41-26)31-14-8-3-9-15-31)39-29(38-23)20-27(36)32(16-18-10-4-1-5-11-18)33(28(20)37)17-19-12-6-2-7-13-19/h1-2,4-7,10-13H,3,8-9,14-17H2,(H-,34,35)/p+1. The number of carbonyl (C=O) groups excluding carboxylic acids is 2. The number of benzene rings is 3. The fourth-order valence-electron chi connectivity index (χ4n) is 5.29. The Labute approximate surface area is 253 Å². The summed E-state index contributed by atoms with van der Waals surface area (Å²) in [6.45, 7) is 2.47. The number of aromatic hydroxyl groups is 2. The molecular weight excluding hydrogens is 595 g/mol. The maximum Gasteiger partial charge on any atom is 0.315 e. The smallest absolute Gasteiger partial charge is 0.315 e. The molecule has 3 aliphatic heterocycles. The maximum absolute atomic E-state index is 13.9. The lowest BCUT2D eigenvalue weighted by Crippen LogP contribution is -2.39. The number of hydrogen-bond donors (Lipinski definition) is 2. The number of phenolic OH excluding ortho intramolecular Hbond substituents is 2. The number of carbonyl (C=O) groups is 2. The Morgan fingerprint density at radius 3 is 1.61 bits per heavy atom. The van der Waals surface area contributed by atoms with Crippen molar-refractivity contribution < 1.29 is 19.8 Å². The molecule has 2 saturated heterocycles. The van der Waals surface area contributed by atoms with Crippen LogP contribution in [0, 0.1) is 0 Å². The molecule has 1 aromatic heterocycles. The Bertz CT molecular complexity index is 1670. The number of piperidine rings is 1. The lowest BCUT2D eigenvalue weighted by molar-refractivity contribution is -0.149. The molecule has 0 bridgehead atoms. The molecular formula is C30H26N3O4S4+. The normalized spacial score (nSPS) is 17.3. The van der Waals surface area contributed by atoms with Crippen LogP contribution >= 0.6 is 46.2 Å². The minimum absolute atomic E-state index is 0.0721. The topological polar surface area (TPSA) is 84.1 Å². The Morgan fingerprint density at radius 1 is 0.683 bits per heavy atom. The van der Waals surface area contributed by atoms with Crippen LogP contribution in [0.4, 0.5) is 0 Å². The molecule has 4 heterocycles. The molecule has 0 radical (unpaired) electrons. The van der Waals surface area contributed by atoms with Gasteiger partial charge in [-0.2, -0.15) is 0 Å². The van der Waals surface area contributed by atoms with E-state index in [0.29, 0.717) is 23.4 Å². The summed E-state index contributed by atoms with van der Waals surface area (Å²) in [4.78, 5) is 28.8. The number of phenols is 2. The Kier molecular flexibility index (Phi) is 7.06. The second-order valence-corrected chi connectivity index (χ2v) is 14.7. The highest BCUT2D eigenvalue weighted by Gasteiger charge is 2.45. The SMILES string of the molecule is O=C1C(=C2Sc3c(c(O)c4sc(=[N+]5CCCCC5)sc4c3O)S2)C(=O)N(Cc2ccccc2)N1Cc1ccccc1. The third kappa shape index (κ3) is 4.74. The van der Waals surface area contributed by atoms with Crippen molar-refractivity contribution in [2.24, 2.45) is 0 Å². The number of fused-ring (bicyclic) bond motifs is 2. The summed E-state index contributed by atoms with van der Waals surface area (Å²) in [7, 11) is 0. The van der Waals surface area contributed by atoms with Gasteiger partial charge in [0.2, 0.25) is 0 Å². The summed E-state index contributed by atoms with van der Waals surface area (Å²) >= 11 is 5.37. The zero-order valence-electron chi connectivity index (χ0n) is 21.9. The molecule has 7 nitrogen and oxygen atoms in total. The summed E-state index contributed by atoms with van der Waals surface area (Å²) in [6, 6.07) is 19.2. The van der Waals surface area contributed by atoms with Gasteiger partial charge in [-0.05, 0) is 17.5 Å². The molecule has 0 saturated carbocycles. The van der Waals surface area contributed by atoms with Gasteiger partial charge in [0.25, 0.3) is 11.8 Å². The van der Waals surface area contributed by atoms with Crippen LogP contribution in [0.2, 0.25) is 0 Å². The first kappa shape index (κ1) is 26.6. The lowest BCUT2D eigenvalue weighted by atomic mass is 10.2. The molecule has 2 amide bonds. The highest BCUT2D eigenvalue weighted by molar-refractivity contribution is 8.25. The molecule has 208 valence electrons. The van der Waals surface area contributed by atoms with Gasteiger partial charge in [-0.25, -0.2) is 14.6 Å². The lowest BCUT2D eigenvalue weighted by Gasteiger charge is -2.27. The summed E-state index contributed by atoms with van der Waals surface area (Å²) < 4.78 is 5.18. The number of hydrazine groups is 1. The summed E-state index contributed by atoms with van der Waals surface area (Å²) in [5.74, 6) is -0.557. The van der Waals surface area contributed by atoms with Crippen LogP contribution in [0.25, 0.3) is 9.40 Å². The van der Waals surface area contributed by atoms with Crippen LogP contribution in [0.1, 0.15) is 30.4 Å². The van der Waals surface area contributed by atoms with E-state index in [9.17, 15) is 19.8 Å². The van der Waals surface area contributed by atoms with Crippen LogP contribution in [-0.4, -0.2) is 45.1 Å². The quantitative estimate of drug-likeness (QED) is 0.131. The van der Waals surface area contributed by atoms with Crippen LogP contribution in [0.5, 0.6) is 11.5 Å². The van der Waals surface area contributed by atoms with Crippen LogP contribution < -0.4 is 8.56 Å². The summed E-state index contributed by atoms with van der Waals surface area (Å²) in [6.07, 6.45) is 3.51. The van der Waals surface area contributed by atoms with Crippen LogP contribution in [0.3, 0.4) is 0 Å². The van der Waals surface area contributed by atoms with Gasteiger partial charge in [0.15, 0.2) is 0 Å². The highest BCUT2D eigenvalue weighted by Crippen LogP contribution is 2.62. The molecule has 41 heavy (non-hydrogen) atoms. The predicted molar refractivity (Wildman–Crippen MR) is 165 cm³/mol. The highest BCUT2D eigenvalue weighted by atomic mass is 32.2. The monoisotopic (exact) mass is 620 g/mol. The Balaban J connectivity index is 1.28. The van der Waals surface area contributed by atoms with E-state index in [4.69, 9.17) is 0 Å². The van der Waals surface area contributed by atoms with Gasteiger partial charge in [0.1, 0.15) is 30.2 Å². The number of thioether (sulfide) groups is 2. The first-order chi connectivity index (χ1) is 20.0. The number of rotatable bonds is 4. The maximum atomic E-state index is 13.9. The van der Waals surface area contributed by atoms with Crippen molar-refractivity contribution in [1.29, 1.82) is 0 Å². The molecule has 0 aliphatic carbocycles. The number of amides is 2. The molecule has 0 spiro atoms. The van der Waals surface area contributed by atoms with Gasteiger partial charge in [0, 0.05) is 12.8 Å². The van der Waals surface area contributed by atoms with E-state index in [1.165, 1.54) is 62.6 Å². The van der Waals surface area contributed by atoms with Gasteiger partial charge in [0.05, 0.1) is 36.5 Å². The van der Waals surface area contributed by atoms with Crippen molar-refractivity contribution in [1.82, 2.24) is 14.6 Å². The first-order valence-corrected chi connectivity index (χ1v) is 16.7. The van der Waals surface area contributed by atoms with E-state index in [-0.39, 0.29) is 42.0 Å². The summed E-state index contributed by atoms with van der Waals surface area (Å²) in [5, 5.41) is 25.7. The third-order valence-corrected chi connectivity index (χ3v) is 12.7. The summed E-state index contributed by atoms with van der Waals surface area (Å²) in [5.41, 5.74) is 1.90. The first-order valence-electron chi connectivity index (χ1n) is 13.4.